The lowest BCUT2D eigenvalue weighted by Crippen LogP contribution is -2.37. The Labute approximate surface area is 132 Å². The van der Waals surface area contributed by atoms with E-state index in [1.165, 1.54) is 0 Å². The molecule has 0 spiro atoms. The summed E-state index contributed by atoms with van der Waals surface area (Å²) in [4.78, 5) is 34.4. The zero-order valence-corrected chi connectivity index (χ0v) is 12.7. The van der Waals surface area contributed by atoms with Crippen molar-refractivity contribution in [2.24, 2.45) is 5.41 Å². The van der Waals surface area contributed by atoms with E-state index in [-0.39, 0.29) is 18.9 Å². The second kappa shape index (κ2) is 6.79. The van der Waals surface area contributed by atoms with Crippen LogP contribution >= 0.6 is 11.6 Å². The molecule has 1 aliphatic rings. The molecule has 0 unspecified atom stereocenters. The summed E-state index contributed by atoms with van der Waals surface area (Å²) in [5.41, 5.74) is -0.577. The molecule has 0 atom stereocenters. The van der Waals surface area contributed by atoms with Crippen molar-refractivity contribution < 1.29 is 19.5 Å². The highest BCUT2D eigenvalue weighted by atomic mass is 35.5. The third-order valence-corrected chi connectivity index (χ3v) is 3.84. The number of amides is 2. The molecule has 2 rings (SSSR count). The highest BCUT2D eigenvalue weighted by Crippen LogP contribution is 2.46. The molecule has 2 amide bonds. The molecular weight excluding hydrogens is 308 g/mol. The fourth-order valence-electron chi connectivity index (χ4n) is 2.04. The fraction of sp³-hybridized carbons (Fsp3) is 0.400. The summed E-state index contributed by atoms with van der Waals surface area (Å²) in [7, 11) is 0. The van der Waals surface area contributed by atoms with Gasteiger partial charge in [-0.1, -0.05) is 11.6 Å². The van der Waals surface area contributed by atoms with Gasteiger partial charge in [0.1, 0.15) is 5.41 Å². The Morgan fingerprint density at radius 3 is 2.36 bits per heavy atom. The van der Waals surface area contributed by atoms with Crippen molar-refractivity contribution in [3.63, 3.8) is 0 Å². The minimum Gasteiger partial charge on any atom is -0.480 e. The molecule has 1 fully saturated rings. The van der Waals surface area contributed by atoms with Crippen molar-refractivity contribution >= 4 is 35.1 Å². The SMILES string of the molecule is O=C(CCCNC(=O)C1(C(=O)O)CC1)Nc1ccc(Cl)cc1. The first kappa shape index (κ1) is 16.3. The Morgan fingerprint density at radius 1 is 1.18 bits per heavy atom. The predicted octanol–water partition coefficient (Wildman–Crippen LogP) is 2.04. The summed E-state index contributed by atoms with van der Waals surface area (Å²) in [5, 5.41) is 14.8. The van der Waals surface area contributed by atoms with Crippen molar-refractivity contribution in [2.45, 2.75) is 25.7 Å². The Kier molecular flexibility index (Phi) is 5.03. The molecule has 1 aliphatic carbocycles. The number of anilines is 1. The summed E-state index contributed by atoms with van der Waals surface area (Å²) >= 11 is 5.75. The average Bonchev–Trinajstić information content (AvgIpc) is 3.27. The Hall–Kier alpha value is -2.08. The minimum absolute atomic E-state index is 0.170. The number of rotatable bonds is 7. The van der Waals surface area contributed by atoms with Crippen LogP contribution in [0, 0.1) is 5.41 Å². The van der Waals surface area contributed by atoms with Gasteiger partial charge in [-0.2, -0.15) is 0 Å². The van der Waals surface area contributed by atoms with E-state index in [9.17, 15) is 14.4 Å². The van der Waals surface area contributed by atoms with Gasteiger partial charge in [-0.25, -0.2) is 0 Å². The fourth-order valence-corrected chi connectivity index (χ4v) is 2.17. The molecule has 0 bridgehead atoms. The molecule has 0 radical (unpaired) electrons. The number of carbonyl (C=O) groups excluding carboxylic acids is 2. The lowest BCUT2D eigenvalue weighted by Gasteiger charge is -2.10. The zero-order chi connectivity index (χ0) is 16.2. The normalized spacial score (nSPS) is 15.0. The predicted molar refractivity (Wildman–Crippen MR) is 81.6 cm³/mol. The van der Waals surface area contributed by atoms with Crippen LogP contribution in [0.2, 0.25) is 5.02 Å². The summed E-state index contributed by atoms with van der Waals surface area (Å²) in [6.45, 7) is 0.280. The molecule has 0 aliphatic heterocycles. The monoisotopic (exact) mass is 324 g/mol. The van der Waals surface area contributed by atoms with Crippen molar-refractivity contribution in [3.05, 3.63) is 29.3 Å². The highest BCUT2D eigenvalue weighted by molar-refractivity contribution is 6.30. The summed E-state index contributed by atoms with van der Waals surface area (Å²) in [6.07, 6.45) is 1.44. The molecule has 3 N–H and O–H groups in total. The number of carboxylic acids is 1. The van der Waals surface area contributed by atoms with Gasteiger partial charge < -0.3 is 15.7 Å². The molecule has 1 saturated carbocycles. The highest BCUT2D eigenvalue weighted by Gasteiger charge is 2.56. The van der Waals surface area contributed by atoms with Crippen LogP contribution in [0.25, 0.3) is 0 Å². The first-order valence-electron chi connectivity index (χ1n) is 7.01. The maximum Gasteiger partial charge on any atom is 0.319 e. The number of hydrogen-bond donors (Lipinski definition) is 3. The van der Waals surface area contributed by atoms with Gasteiger partial charge in [0, 0.05) is 23.7 Å². The van der Waals surface area contributed by atoms with E-state index < -0.39 is 17.3 Å². The number of aliphatic carboxylic acids is 1. The Morgan fingerprint density at radius 2 is 1.82 bits per heavy atom. The number of nitrogens with one attached hydrogen (secondary N) is 2. The van der Waals surface area contributed by atoms with Crippen LogP contribution in [0.5, 0.6) is 0 Å². The number of hydrogen-bond acceptors (Lipinski definition) is 3. The van der Waals surface area contributed by atoms with Crippen LogP contribution in [0.3, 0.4) is 0 Å². The lowest BCUT2D eigenvalue weighted by atomic mass is 10.1. The second-order valence-electron chi connectivity index (χ2n) is 5.30. The van der Waals surface area contributed by atoms with Gasteiger partial charge >= 0.3 is 5.97 Å². The summed E-state index contributed by atoms with van der Waals surface area (Å²) in [5.74, 6) is -1.71. The van der Waals surface area contributed by atoms with Crippen molar-refractivity contribution in [2.75, 3.05) is 11.9 Å². The number of benzene rings is 1. The van der Waals surface area contributed by atoms with Gasteiger partial charge in [-0.3, -0.25) is 14.4 Å². The maximum absolute atomic E-state index is 11.7. The first-order valence-corrected chi connectivity index (χ1v) is 7.39. The van der Waals surface area contributed by atoms with Gasteiger partial charge in [0.15, 0.2) is 0 Å². The molecule has 1 aromatic carbocycles. The standard InChI is InChI=1S/C15H17ClN2O4/c16-10-3-5-11(6-4-10)18-12(19)2-1-9-17-13(20)15(7-8-15)14(21)22/h3-6H,1-2,7-9H2,(H,17,20)(H,18,19)(H,21,22). The minimum atomic E-state index is -1.23. The van der Waals surface area contributed by atoms with Crippen molar-refractivity contribution in [1.29, 1.82) is 0 Å². The van der Waals surface area contributed by atoms with E-state index >= 15 is 0 Å². The average molecular weight is 325 g/mol. The van der Waals surface area contributed by atoms with Crippen LogP contribution in [-0.2, 0) is 14.4 Å². The van der Waals surface area contributed by atoms with E-state index in [0.717, 1.165) is 0 Å². The van der Waals surface area contributed by atoms with E-state index in [0.29, 0.717) is 30.0 Å². The molecule has 7 heteroatoms. The summed E-state index contributed by atoms with van der Waals surface area (Å²) < 4.78 is 0. The van der Waals surface area contributed by atoms with Gasteiger partial charge in [-0.05, 0) is 43.5 Å². The second-order valence-corrected chi connectivity index (χ2v) is 5.74. The first-order chi connectivity index (χ1) is 10.4. The van der Waals surface area contributed by atoms with Crippen LogP contribution in [-0.4, -0.2) is 29.4 Å². The number of carboxylic acid groups (broad SMARTS) is 1. The van der Waals surface area contributed by atoms with E-state index in [1.807, 2.05) is 0 Å². The molecule has 0 saturated heterocycles. The molecular formula is C15H17ClN2O4. The largest absolute Gasteiger partial charge is 0.480 e. The molecule has 22 heavy (non-hydrogen) atoms. The molecule has 1 aromatic rings. The van der Waals surface area contributed by atoms with Crippen LogP contribution < -0.4 is 10.6 Å². The quantitative estimate of drug-likeness (QED) is 0.528. The molecule has 0 heterocycles. The van der Waals surface area contributed by atoms with Gasteiger partial charge in [0.05, 0.1) is 0 Å². The third-order valence-electron chi connectivity index (χ3n) is 3.59. The van der Waals surface area contributed by atoms with Gasteiger partial charge in [0.25, 0.3) is 0 Å². The number of carbonyl (C=O) groups is 3. The van der Waals surface area contributed by atoms with E-state index in [4.69, 9.17) is 16.7 Å². The lowest BCUT2D eigenvalue weighted by molar-refractivity contribution is -0.149. The van der Waals surface area contributed by atoms with E-state index in [2.05, 4.69) is 10.6 Å². The topological polar surface area (TPSA) is 95.5 Å². The smallest absolute Gasteiger partial charge is 0.319 e. The van der Waals surface area contributed by atoms with Gasteiger partial charge in [-0.15, -0.1) is 0 Å². The molecule has 118 valence electrons. The zero-order valence-electron chi connectivity index (χ0n) is 11.9. The van der Waals surface area contributed by atoms with Crippen molar-refractivity contribution in [3.8, 4) is 0 Å². The van der Waals surface area contributed by atoms with Crippen molar-refractivity contribution in [1.82, 2.24) is 5.32 Å². The Balaban J connectivity index is 1.66. The van der Waals surface area contributed by atoms with E-state index in [1.54, 1.807) is 24.3 Å². The van der Waals surface area contributed by atoms with Gasteiger partial charge in [0.2, 0.25) is 11.8 Å². The summed E-state index contributed by atoms with van der Waals surface area (Å²) in [6, 6.07) is 6.76. The maximum atomic E-state index is 11.7. The van der Waals surface area contributed by atoms with Crippen LogP contribution in [0.4, 0.5) is 5.69 Å². The molecule has 6 nitrogen and oxygen atoms in total. The third kappa shape index (κ3) is 3.98. The number of halogens is 1. The molecule has 0 aromatic heterocycles. The van der Waals surface area contributed by atoms with Crippen LogP contribution in [0.15, 0.2) is 24.3 Å². The Bertz CT molecular complexity index is 582. The van der Waals surface area contributed by atoms with Crippen LogP contribution in [0.1, 0.15) is 25.7 Å².